The van der Waals surface area contributed by atoms with E-state index >= 15 is 0 Å². The van der Waals surface area contributed by atoms with Gasteiger partial charge in [-0.2, -0.15) is 0 Å². The van der Waals surface area contributed by atoms with Crippen molar-refractivity contribution in [3.05, 3.63) is 23.2 Å². The van der Waals surface area contributed by atoms with E-state index in [-0.39, 0.29) is 43.6 Å². The summed E-state index contributed by atoms with van der Waals surface area (Å²) in [5.41, 5.74) is -0.824. The second-order valence-electron chi connectivity index (χ2n) is 7.26. The average molecular weight is 341 g/mol. The molecule has 0 aromatic rings. The molecule has 2 aliphatic rings. The van der Waals surface area contributed by atoms with Crippen LogP contribution in [0.15, 0.2) is 11.8 Å². The van der Waals surface area contributed by atoms with Gasteiger partial charge < -0.3 is 10.0 Å². The van der Waals surface area contributed by atoms with Crippen molar-refractivity contribution in [3.63, 3.8) is 0 Å². The Morgan fingerprint density at radius 3 is 2.71 bits per heavy atom. The fraction of sp³-hybridized carbons (Fsp3) is 0.765. The molecule has 0 bridgehead atoms. The van der Waals surface area contributed by atoms with Crippen LogP contribution >= 0.6 is 0 Å². The largest absolute Gasteiger partial charge is 0.396 e. The summed E-state index contributed by atoms with van der Waals surface area (Å²) in [7, 11) is 0. The van der Waals surface area contributed by atoms with E-state index in [1.807, 2.05) is 0 Å². The Bertz CT molecular complexity index is 555. The minimum atomic E-state index is -2.71. The standard InChI is InChI=1S/C17H25F2N3O2/c1-16(2,22-8-6-17(18,19)12-22)9-14(20-3)15(24)21-7-4-5-13(10-21)11-23/h9,13,23H,4-8,10-12H2,1-2H3/t13-/m0/s1. The van der Waals surface area contributed by atoms with E-state index in [1.54, 1.807) is 23.6 Å². The number of likely N-dealkylation sites (tertiary alicyclic amines) is 2. The van der Waals surface area contributed by atoms with Crippen LogP contribution in [0.4, 0.5) is 8.78 Å². The van der Waals surface area contributed by atoms with Crippen LogP contribution in [0.2, 0.25) is 0 Å². The van der Waals surface area contributed by atoms with Crippen LogP contribution < -0.4 is 0 Å². The molecule has 2 fully saturated rings. The molecule has 2 saturated heterocycles. The van der Waals surface area contributed by atoms with Gasteiger partial charge in [-0.1, -0.05) is 6.08 Å². The van der Waals surface area contributed by atoms with E-state index in [0.29, 0.717) is 13.1 Å². The lowest BCUT2D eigenvalue weighted by Crippen LogP contribution is -2.44. The van der Waals surface area contributed by atoms with Gasteiger partial charge in [0.15, 0.2) is 0 Å². The number of piperidine rings is 1. The number of hydrogen-bond donors (Lipinski definition) is 1. The highest BCUT2D eigenvalue weighted by molar-refractivity contribution is 5.95. The van der Waals surface area contributed by atoms with E-state index in [4.69, 9.17) is 6.57 Å². The quantitative estimate of drug-likeness (QED) is 0.630. The fourth-order valence-electron chi connectivity index (χ4n) is 3.36. The molecule has 24 heavy (non-hydrogen) atoms. The Kier molecular flexibility index (Phi) is 5.61. The van der Waals surface area contributed by atoms with E-state index in [9.17, 15) is 18.7 Å². The summed E-state index contributed by atoms with van der Waals surface area (Å²) in [6.07, 6.45) is 2.97. The zero-order chi connectivity index (χ0) is 18.0. The van der Waals surface area contributed by atoms with Gasteiger partial charge in [0.2, 0.25) is 5.70 Å². The summed E-state index contributed by atoms with van der Waals surface area (Å²) < 4.78 is 26.9. The number of nitrogens with zero attached hydrogens (tertiary/aromatic N) is 3. The molecule has 5 nitrogen and oxygen atoms in total. The molecule has 0 aromatic carbocycles. The number of aliphatic hydroxyl groups excluding tert-OH is 1. The third kappa shape index (κ3) is 4.31. The van der Waals surface area contributed by atoms with Crippen molar-refractivity contribution in [1.82, 2.24) is 9.80 Å². The number of carbonyl (C=O) groups excluding carboxylic acids is 1. The van der Waals surface area contributed by atoms with Gasteiger partial charge in [-0.3, -0.25) is 9.69 Å². The minimum Gasteiger partial charge on any atom is -0.396 e. The SMILES string of the molecule is [C-]#[N+]C(=CC(C)(C)N1CCC(F)(F)C1)C(=O)N1CCC[C@H](CO)C1. The zero-order valence-electron chi connectivity index (χ0n) is 14.3. The van der Waals surface area contributed by atoms with Crippen LogP contribution in [0.1, 0.15) is 33.1 Å². The highest BCUT2D eigenvalue weighted by Crippen LogP contribution is 2.33. The van der Waals surface area contributed by atoms with Crippen molar-refractivity contribution in [3.8, 4) is 0 Å². The van der Waals surface area contributed by atoms with Gasteiger partial charge >= 0.3 is 0 Å². The Morgan fingerprint density at radius 1 is 1.46 bits per heavy atom. The maximum absolute atomic E-state index is 13.5. The molecule has 7 heteroatoms. The first-order valence-corrected chi connectivity index (χ1v) is 8.32. The molecule has 134 valence electrons. The normalized spacial score (nSPS) is 25.6. The van der Waals surface area contributed by atoms with E-state index in [1.165, 1.54) is 6.08 Å². The third-order valence-electron chi connectivity index (χ3n) is 4.88. The van der Waals surface area contributed by atoms with Gasteiger partial charge in [0, 0.05) is 38.2 Å². The second-order valence-corrected chi connectivity index (χ2v) is 7.26. The first kappa shape index (κ1) is 18.8. The van der Waals surface area contributed by atoms with Crippen molar-refractivity contribution in [2.75, 3.05) is 32.8 Å². The van der Waals surface area contributed by atoms with Gasteiger partial charge in [-0.25, -0.2) is 13.6 Å². The molecule has 2 rings (SSSR count). The molecule has 0 spiro atoms. The third-order valence-corrected chi connectivity index (χ3v) is 4.88. The van der Waals surface area contributed by atoms with E-state index in [2.05, 4.69) is 4.85 Å². The van der Waals surface area contributed by atoms with Crippen LogP contribution in [-0.4, -0.2) is 65.1 Å². The highest BCUT2D eigenvalue weighted by Gasteiger charge is 2.43. The number of amides is 1. The van der Waals surface area contributed by atoms with Gasteiger partial charge in [-0.15, -0.1) is 0 Å². The molecule has 2 heterocycles. The van der Waals surface area contributed by atoms with Crippen LogP contribution in [0.25, 0.3) is 4.85 Å². The summed E-state index contributed by atoms with van der Waals surface area (Å²) in [5, 5.41) is 9.27. The summed E-state index contributed by atoms with van der Waals surface area (Å²) in [5.74, 6) is -3.05. The Hall–Kier alpha value is -1.52. The minimum absolute atomic E-state index is 0.0230. The Labute approximate surface area is 141 Å². The molecule has 0 aromatic heterocycles. The van der Waals surface area contributed by atoms with Crippen molar-refractivity contribution < 1.29 is 18.7 Å². The maximum Gasteiger partial charge on any atom is 0.261 e. The van der Waals surface area contributed by atoms with Crippen LogP contribution in [0.3, 0.4) is 0 Å². The Balaban J connectivity index is 2.13. The molecule has 1 amide bonds. The van der Waals surface area contributed by atoms with Gasteiger partial charge in [-0.05, 0) is 32.6 Å². The van der Waals surface area contributed by atoms with Crippen molar-refractivity contribution >= 4 is 5.91 Å². The topological polar surface area (TPSA) is 48.1 Å². The average Bonchev–Trinajstić information content (AvgIpc) is 2.93. The molecular formula is C17H25F2N3O2. The molecule has 0 aliphatic carbocycles. The van der Waals surface area contributed by atoms with Crippen LogP contribution in [0.5, 0.6) is 0 Å². The number of rotatable bonds is 4. The van der Waals surface area contributed by atoms with Crippen molar-refractivity contribution in [1.29, 1.82) is 0 Å². The Morgan fingerprint density at radius 2 is 2.17 bits per heavy atom. The highest BCUT2D eigenvalue weighted by atomic mass is 19.3. The molecule has 1 atom stereocenters. The number of carbonyl (C=O) groups is 1. The van der Waals surface area contributed by atoms with Crippen LogP contribution in [-0.2, 0) is 4.79 Å². The summed E-state index contributed by atoms with van der Waals surface area (Å²) >= 11 is 0. The molecular weight excluding hydrogens is 316 g/mol. The van der Waals surface area contributed by atoms with Crippen LogP contribution in [0, 0.1) is 12.5 Å². The summed E-state index contributed by atoms with van der Waals surface area (Å²) in [4.78, 5) is 19.2. The molecule has 0 saturated carbocycles. The maximum atomic E-state index is 13.5. The molecule has 1 N–H and O–H groups in total. The lowest BCUT2D eigenvalue weighted by atomic mass is 9.97. The van der Waals surface area contributed by atoms with Gasteiger partial charge in [0.1, 0.15) is 0 Å². The summed E-state index contributed by atoms with van der Waals surface area (Å²) in [6, 6.07) is 0. The fourth-order valence-corrected chi connectivity index (χ4v) is 3.36. The van der Waals surface area contributed by atoms with E-state index < -0.39 is 11.5 Å². The summed E-state index contributed by atoms with van der Waals surface area (Å²) in [6.45, 7) is 11.7. The number of hydrogen-bond acceptors (Lipinski definition) is 3. The number of alkyl halides is 2. The van der Waals surface area contributed by atoms with Gasteiger partial charge in [0.05, 0.1) is 13.1 Å². The predicted molar refractivity (Wildman–Crippen MR) is 86.3 cm³/mol. The molecule has 2 aliphatic heterocycles. The van der Waals surface area contributed by atoms with Crippen molar-refractivity contribution in [2.24, 2.45) is 5.92 Å². The van der Waals surface area contributed by atoms with Gasteiger partial charge in [0.25, 0.3) is 11.8 Å². The predicted octanol–water partition coefficient (Wildman–Crippen LogP) is 2.14. The number of halogens is 2. The second kappa shape index (κ2) is 7.16. The lowest BCUT2D eigenvalue weighted by Gasteiger charge is -2.35. The first-order valence-electron chi connectivity index (χ1n) is 8.32. The monoisotopic (exact) mass is 341 g/mol. The zero-order valence-corrected chi connectivity index (χ0v) is 14.3. The lowest BCUT2D eigenvalue weighted by molar-refractivity contribution is -0.128. The molecule has 0 unspecified atom stereocenters. The molecule has 0 radical (unpaired) electrons. The number of aliphatic hydroxyl groups is 1. The van der Waals surface area contributed by atoms with E-state index in [0.717, 1.165) is 12.8 Å². The van der Waals surface area contributed by atoms with Crippen molar-refractivity contribution in [2.45, 2.75) is 44.6 Å². The first-order chi connectivity index (χ1) is 11.2. The smallest absolute Gasteiger partial charge is 0.261 e.